The van der Waals surface area contributed by atoms with Gasteiger partial charge in [-0.1, -0.05) is 30.3 Å². The fraction of sp³-hybridized carbons (Fsp3) is 0.526. The van der Waals surface area contributed by atoms with Crippen molar-refractivity contribution in [2.24, 2.45) is 5.41 Å². The fourth-order valence-electron chi connectivity index (χ4n) is 4.02. The molecule has 6 heteroatoms. The highest BCUT2D eigenvalue weighted by Gasteiger charge is 2.47. The Balaban J connectivity index is 1.49. The molecule has 1 atom stereocenters. The molecule has 1 unspecified atom stereocenters. The van der Waals surface area contributed by atoms with Crippen LogP contribution in [0.4, 0.5) is 0 Å². The van der Waals surface area contributed by atoms with Gasteiger partial charge in [0.15, 0.2) is 5.82 Å². The molecule has 0 radical (unpaired) electrons. The van der Waals surface area contributed by atoms with E-state index in [1.54, 1.807) is 0 Å². The van der Waals surface area contributed by atoms with Crippen molar-refractivity contribution in [1.82, 2.24) is 25.4 Å². The average Bonchev–Trinajstić information content (AvgIpc) is 3.05. The van der Waals surface area contributed by atoms with Gasteiger partial charge in [-0.05, 0) is 31.7 Å². The molecule has 2 aromatic rings. The van der Waals surface area contributed by atoms with Crippen molar-refractivity contribution in [3.63, 3.8) is 0 Å². The lowest BCUT2D eigenvalue weighted by atomic mass is 9.74. The van der Waals surface area contributed by atoms with Gasteiger partial charge >= 0.3 is 0 Å². The van der Waals surface area contributed by atoms with Gasteiger partial charge in [0.2, 0.25) is 5.91 Å². The topological polar surface area (TPSA) is 73.9 Å². The van der Waals surface area contributed by atoms with Crippen LogP contribution in [-0.4, -0.2) is 52.2 Å². The summed E-state index contributed by atoms with van der Waals surface area (Å²) in [5.41, 5.74) is 0.938. The number of hydrogen-bond donors (Lipinski definition) is 2. The van der Waals surface area contributed by atoms with E-state index in [-0.39, 0.29) is 17.2 Å². The van der Waals surface area contributed by atoms with Crippen LogP contribution < -0.4 is 5.32 Å². The Bertz CT molecular complexity index is 737. The van der Waals surface area contributed by atoms with Crippen LogP contribution in [0.2, 0.25) is 0 Å². The molecule has 25 heavy (non-hydrogen) atoms. The molecule has 1 aromatic carbocycles. The van der Waals surface area contributed by atoms with Gasteiger partial charge in [0.1, 0.15) is 5.82 Å². The second kappa shape index (κ2) is 6.59. The molecule has 0 bridgehead atoms. The number of aromatic amines is 1. The zero-order valence-corrected chi connectivity index (χ0v) is 14.7. The second-order valence-electron chi connectivity index (χ2n) is 7.42. The number of amides is 1. The number of likely N-dealkylation sites (tertiary alicyclic amines) is 1. The molecule has 4 rings (SSSR count). The van der Waals surface area contributed by atoms with E-state index in [1.807, 2.05) is 30.0 Å². The monoisotopic (exact) mass is 339 g/mol. The molecule has 0 spiro atoms. The quantitative estimate of drug-likeness (QED) is 0.888. The maximum atomic E-state index is 13.3. The Morgan fingerprint density at radius 3 is 2.76 bits per heavy atom. The van der Waals surface area contributed by atoms with Crippen LogP contribution in [-0.2, 0) is 11.2 Å². The van der Waals surface area contributed by atoms with E-state index in [4.69, 9.17) is 0 Å². The van der Waals surface area contributed by atoms with Crippen LogP contribution in [0.1, 0.15) is 36.0 Å². The van der Waals surface area contributed by atoms with Crippen LogP contribution in [0.5, 0.6) is 0 Å². The zero-order chi connectivity index (χ0) is 17.3. The first-order valence-electron chi connectivity index (χ1n) is 9.09. The standard InChI is InChI=1S/C19H25N5O/c1-14-21-17(23-22-14)16-8-5-9-24(11-16)18(25)19(12-20-13-19)10-15-6-3-2-4-7-15/h2-4,6-7,16,20H,5,8-13H2,1H3,(H,21,22,23). The van der Waals surface area contributed by atoms with Crippen molar-refractivity contribution >= 4 is 5.91 Å². The molecule has 2 N–H and O–H groups in total. The molecule has 2 fully saturated rings. The van der Waals surface area contributed by atoms with Crippen LogP contribution in [0.15, 0.2) is 30.3 Å². The van der Waals surface area contributed by atoms with Crippen LogP contribution in [0.25, 0.3) is 0 Å². The highest BCUT2D eigenvalue weighted by atomic mass is 16.2. The summed E-state index contributed by atoms with van der Waals surface area (Å²) in [6, 6.07) is 10.3. The minimum absolute atomic E-state index is 0.240. The average molecular weight is 339 g/mol. The smallest absolute Gasteiger partial charge is 0.231 e. The number of piperidine rings is 1. The second-order valence-corrected chi connectivity index (χ2v) is 7.42. The number of rotatable bonds is 4. The predicted octanol–water partition coefficient (Wildman–Crippen LogP) is 1.65. The van der Waals surface area contributed by atoms with Gasteiger partial charge < -0.3 is 10.2 Å². The van der Waals surface area contributed by atoms with E-state index in [1.165, 1.54) is 5.56 Å². The Hall–Kier alpha value is -2.21. The molecule has 0 saturated carbocycles. The van der Waals surface area contributed by atoms with Crippen LogP contribution in [0, 0.1) is 12.3 Å². The molecule has 132 valence electrons. The molecule has 2 aliphatic rings. The first kappa shape index (κ1) is 16.3. The van der Waals surface area contributed by atoms with Crippen molar-refractivity contribution in [2.75, 3.05) is 26.2 Å². The van der Waals surface area contributed by atoms with Gasteiger partial charge in [-0.25, -0.2) is 4.98 Å². The van der Waals surface area contributed by atoms with Crippen molar-refractivity contribution in [3.8, 4) is 0 Å². The summed E-state index contributed by atoms with van der Waals surface area (Å²) in [5.74, 6) is 2.21. The summed E-state index contributed by atoms with van der Waals surface area (Å²) in [4.78, 5) is 19.8. The van der Waals surface area contributed by atoms with Gasteiger partial charge in [0.05, 0.1) is 5.41 Å². The van der Waals surface area contributed by atoms with E-state index in [0.717, 1.165) is 57.1 Å². The lowest BCUT2D eigenvalue weighted by Crippen LogP contribution is -2.64. The summed E-state index contributed by atoms with van der Waals surface area (Å²) >= 11 is 0. The number of nitrogens with one attached hydrogen (secondary N) is 2. The summed E-state index contributed by atoms with van der Waals surface area (Å²) in [6.07, 6.45) is 2.87. The van der Waals surface area contributed by atoms with Crippen molar-refractivity contribution in [3.05, 3.63) is 47.5 Å². The van der Waals surface area contributed by atoms with E-state index in [0.29, 0.717) is 0 Å². The summed E-state index contributed by atoms with van der Waals surface area (Å²) in [7, 11) is 0. The van der Waals surface area contributed by atoms with E-state index < -0.39 is 0 Å². The van der Waals surface area contributed by atoms with Crippen LogP contribution >= 0.6 is 0 Å². The highest BCUT2D eigenvalue weighted by Crippen LogP contribution is 2.33. The number of benzene rings is 1. The van der Waals surface area contributed by atoms with Crippen molar-refractivity contribution in [1.29, 1.82) is 0 Å². The summed E-state index contributed by atoms with van der Waals surface area (Å²) < 4.78 is 0. The first-order chi connectivity index (χ1) is 12.2. The molecule has 6 nitrogen and oxygen atoms in total. The third-order valence-electron chi connectivity index (χ3n) is 5.45. The molecule has 2 saturated heterocycles. The number of carbonyl (C=O) groups excluding carboxylic acids is 1. The van der Waals surface area contributed by atoms with E-state index >= 15 is 0 Å². The number of hydrogen-bond acceptors (Lipinski definition) is 4. The zero-order valence-electron chi connectivity index (χ0n) is 14.7. The normalized spacial score (nSPS) is 22.4. The minimum atomic E-state index is -0.293. The van der Waals surface area contributed by atoms with Gasteiger partial charge in [-0.15, -0.1) is 0 Å². The summed E-state index contributed by atoms with van der Waals surface area (Å²) in [6.45, 7) is 5.02. The minimum Gasteiger partial charge on any atom is -0.341 e. The number of aromatic nitrogens is 3. The Kier molecular flexibility index (Phi) is 4.29. The predicted molar refractivity (Wildman–Crippen MR) is 95.1 cm³/mol. The lowest BCUT2D eigenvalue weighted by molar-refractivity contribution is -0.146. The van der Waals surface area contributed by atoms with Crippen molar-refractivity contribution < 1.29 is 4.79 Å². The van der Waals surface area contributed by atoms with Gasteiger partial charge in [-0.3, -0.25) is 9.89 Å². The highest BCUT2D eigenvalue weighted by molar-refractivity contribution is 5.85. The largest absolute Gasteiger partial charge is 0.341 e. The van der Waals surface area contributed by atoms with E-state index in [2.05, 4.69) is 32.6 Å². The number of aryl methyl sites for hydroxylation is 1. The van der Waals surface area contributed by atoms with Crippen LogP contribution in [0.3, 0.4) is 0 Å². The lowest BCUT2D eigenvalue weighted by Gasteiger charge is -2.46. The summed E-state index contributed by atoms with van der Waals surface area (Å²) in [5, 5.41) is 10.5. The maximum absolute atomic E-state index is 13.3. The molecule has 2 aliphatic heterocycles. The third-order valence-corrected chi connectivity index (χ3v) is 5.45. The Labute approximate surface area is 148 Å². The molecular formula is C19H25N5O. The molecule has 3 heterocycles. The Morgan fingerprint density at radius 2 is 2.12 bits per heavy atom. The first-order valence-corrected chi connectivity index (χ1v) is 9.09. The maximum Gasteiger partial charge on any atom is 0.231 e. The van der Waals surface area contributed by atoms with Gasteiger partial charge in [0.25, 0.3) is 0 Å². The fourth-order valence-corrected chi connectivity index (χ4v) is 4.02. The van der Waals surface area contributed by atoms with Crippen molar-refractivity contribution in [2.45, 2.75) is 32.1 Å². The SMILES string of the molecule is Cc1nc(C2CCCN(C(=O)C3(Cc4ccccc4)CNC3)C2)n[nH]1. The molecule has 1 aromatic heterocycles. The number of nitrogens with zero attached hydrogens (tertiary/aromatic N) is 3. The number of carbonyl (C=O) groups is 1. The van der Waals surface area contributed by atoms with Gasteiger partial charge in [0, 0.05) is 32.1 Å². The van der Waals surface area contributed by atoms with E-state index in [9.17, 15) is 4.79 Å². The molecule has 0 aliphatic carbocycles. The molecule has 1 amide bonds. The van der Waals surface area contributed by atoms with Gasteiger partial charge in [-0.2, -0.15) is 5.10 Å². The Morgan fingerprint density at radius 1 is 1.32 bits per heavy atom. The third kappa shape index (κ3) is 3.18. The molecular weight excluding hydrogens is 314 g/mol. The number of H-pyrrole nitrogens is 1.